The first-order valence-electron chi connectivity index (χ1n) is 15.1. The SMILES string of the molecule is NC(CCC(=O)O)C(=O)NC(Cc1ccc(O)cc1)C(=O)NC(Cc1c[nH]c2ccccc12)C(=O)NC(Cc1ccc(O)cc1)C(=O)O. The number of phenolic OH excluding ortho intramolecular Hbond substituents is 2. The third-order valence-electron chi connectivity index (χ3n) is 7.74. The van der Waals surface area contributed by atoms with Crippen molar-refractivity contribution in [2.75, 3.05) is 0 Å². The summed E-state index contributed by atoms with van der Waals surface area (Å²) in [6, 6.07) is 13.8. The zero-order valence-corrected chi connectivity index (χ0v) is 25.8. The van der Waals surface area contributed by atoms with Gasteiger partial charge in [0.05, 0.1) is 6.04 Å². The highest BCUT2D eigenvalue weighted by molar-refractivity contribution is 5.95. The van der Waals surface area contributed by atoms with Crippen molar-refractivity contribution in [2.45, 2.75) is 56.3 Å². The van der Waals surface area contributed by atoms with Crippen molar-refractivity contribution < 1.29 is 44.4 Å². The molecule has 4 rings (SSSR count). The van der Waals surface area contributed by atoms with E-state index < -0.39 is 53.8 Å². The van der Waals surface area contributed by atoms with Crippen LogP contribution in [0.1, 0.15) is 29.5 Å². The predicted molar refractivity (Wildman–Crippen MR) is 174 cm³/mol. The summed E-state index contributed by atoms with van der Waals surface area (Å²) in [5.74, 6) is -4.86. The average Bonchev–Trinajstić information content (AvgIpc) is 3.47. The molecule has 4 unspecified atom stereocenters. The zero-order chi connectivity index (χ0) is 34.8. The van der Waals surface area contributed by atoms with Crippen molar-refractivity contribution in [3.8, 4) is 11.5 Å². The summed E-state index contributed by atoms with van der Waals surface area (Å²) in [6.45, 7) is 0. The maximum absolute atomic E-state index is 13.9. The maximum atomic E-state index is 13.9. The lowest BCUT2D eigenvalue weighted by molar-refractivity contribution is -0.142. The summed E-state index contributed by atoms with van der Waals surface area (Å²) < 4.78 is 0. The largest absolute Gasteiger partial charge is 0.508 e. The monoisotopic (exact) mass is 659 g/mol. The number of nitrogens with one attached hydrogen (secondary N) is 4. The van der Waals surface area contributed by atoms with Crippen LogP contribution in [-0.4, -0.2) is 79.2 Å². The van der Waals surface area contributed by atoms with E-state index in [4.69, 9.17) is 10.8 Å². The van der Waals surface area contributed by atoms with Crippen LogP contribution in [0.2, 0.25) is 0 Å². The molecule has 4 aromatic rings. The van der Waals surface area contributed by atoms with E-state index in [2.05, 4.69) is 20.9 Å². The second-order valence-electron chi connectivity index (χ2n) is 11.4. The molecule has 0 radical (unpaired) electrons. The van der Waals surface area contributed by atoms with Crippen molar-refractivity contribution in [2.24, 2.45) is 5.73 Å². The fraction of sp³-hybridized carbons (Fsp3) is 0.265. The van der Waals surface area contributed by atoms with Crippen molar-refractivity contribution in [1.29, 1.82) is 0 Å². The van der Waals surface area contributed by atoms with E-state index in [1.807, 2.05) is 24.3 Å². The number of aliphatic carboxylic acids is 2. The third-order valence-corrected chi connectivity index (χ3v) is 7.74. The second kappa shape index (κ2) is 16.1. The number of aromatic nitrogens is 1. The Morgan fingerprint density at radius 1 is 0.667 bits per heavy atom. The van der Waals surface area contributed by atoms with E-state index in [9.17, 15) is 39.3 Å². The van der Waals surface area contributed by atoms with E-state index in [-0.39, 0.29) is 43.6 Å². The highest BCUT2D eigenvalue weighted by Crippen LogP contribution is 2.20. The summed E-state index contributed by atoms with van der Waals surface area (Å²) in [4.78, 5) is 66.9. The van der Waals surface area contributed by atoms with Gasteiger partial charge in [-0.2, -0.15) is 0 Å². The van der Waals surface area contributed by atoms with Gasteiger partial charge in [0.1, 0.15) is 29.6 Å². The number of fused-ring (bicyclic) bond motifs is 1. The molecule has 10 N–H and O–H groups in total. The molecule has 4 atom stereocenters. The number of rotatable bonds is 16. The topological polar surface area (TPSA) is 244 Å². The Hall–Kier alpha value is -5.89. The molecule has 0 bridgehead atoms. The van der Waals surface area contributed by atoms with Crippen LogP contribution in [0, 0.1) is 0 Å². The number of para-hydroxylation sites is 1. The van der Waals surface area contributed by atoms with Crippen LogP contribution < -0.4 is 21.7 Å². The van der Waals surface area contributed by atoms with Crippen LogP contribution >= 0.6 is 0 Å². The number of aromatic hydroxyl groups is 2. The molecule has 0 aliphatic rings. The molecule has 0 aliphatic heterocycles. The Balaban J connectivity index is 1.61. The number of amides is 3. The predicted octanol–water partition coefficient (Wildman–Crippen LogP) is 1.34. The summed E-state index contributed by atoms with van der Waals surface area (Å²) in [7, 11) is 0. The molecule has 252 valence electrons. The summed E-state index contributed by atoms with van der Waals surface area (Å²) >= 11 is 0. The van der Waals surface area contributed by atoms with Gasteiger partial charge < -0.3 is 47.1 Å². The summed E-state index contributed by atoms with van der Waals surface area (Å²) in [5.41, 5.74) is 8.42. The number of carbonyl (C=O) groups excluding carboxylic acids is 3. The molecule has 1 aromatic heterocycles. The van der Waals surface area contributed by atoms with Crippen LogP contribution in [-0.2, 0) is 43.2 Å². The molecule has 0 fully saturated rings. The smallest absolute Gasteiger partial charge is 0.326 e. The minimum Gasteiger partial charge on any atom is -0.508 e. The Labute approximate surface area is 275 Å². The number of hydrogen-bond acceptors (Lipinski definition) is 8. The fourth-order valence-corrected chi connectivity index (χ4v) is 5.11. The van der Waals surface area contributed by atoms with E-state index in [1.54, 1.807) is 18.3 Å². The van der Waals surface area contributed by atoms with Gasteiger partial charge in [0.25, 0.3) is 0 Å². The lowest BCUT2D eigenvalue weighted by Crippen LogP contribution is -2.58. The molecule has 3 amide bonds. The lowest BCUT2D eigenvalue weighted by atomic mass is 10.0. The lowest BCUT2D eigenvalue weighted by Gasteiger charge is -2.25. The first-order valence-corrected chi connectivity index (χ1v) is 15.1. The molecule has 0 saturated carbocycles. The van der Waals surface area contributed by atoms with Gasteiger partial charge >= 0.3 is 11.9 Å². The molecular formula is C34H37N5O9. The first kappa shape index (κ1) is 35.0. The molecule has 14 nitrogen and oxygen atoms in total. The van der Waals surface area contributed by atoms with Crippen molar-refractivity contribution in [1.82, 2.24) is 20.9 Å². The van der Waals surface area contributed by atoms with Crippen LogP contribution in [0.15, 0.2) is 79.0 Å². The van der Waals surface area contributed by atoms with Gasteiger partial charge in [0.15, 0.2) is 0 Å². The van der Waals surface area contributed by atoms with E-state index in [0.717, 1.165) is 10.9 Å². The van der Waals surface area contributed by atoms with E-state index >= 15 is 0 Å². The molecule has 0 aliphatic carbocycles. The number of hydrogen-bond donors (Lipinski definition) is 9. The summed E-state index contributed by atoms with van der Waals surface area (Å²) in [5, 5.41) is 46.7. The Bertz CT molecular complexity index is 1750. The highest BCUT2D eigenvalue weighted by atomic mass is 16.4. The number of carboxylic acid groups (broad SMARTS) is 2. The number of aromatic amines is 1. The fourth-order valence-electron chi connectivity index (χ4n) is 5.11. The van der Waals surface area contributed by atoms with Crippen LogP contribution in [0.5, 0.6) is 11.5 Å². The third kappa shape index (κ3) is 9.80. The standard InChI is InChI=1S/C34H37N5O9/c35-25(13-14-30(42)43)31(44)37-27(15-19-5-9-22(40)10-6-19)32(45)38-28(17-21-18-36-26-4-2-1-3-24(21)26)33(46)39-29(34(47)48)16-20-7-11-23(41)12-8-20/h1-12,18,25,27-29,36,40-41H,13-17,35H2,(H,37,44)(H,38,45)(H,39,46)(H,42,43)(H,47,48). The van der Waals surface area contributed by atoms with Gasteiger partial charge in [0, 0.05) is 42.8 Å². The molecule has 48 heavy (non-hydrogen) atoms. The molecule has 3 aromatic carbocycles. The van der Waals surface area contributed by atoms with Crippen LogP contribution in [0.4, 0.5) is 0 Å². The number of carbonyl (C=O) groups is 5. The van der Waals surface area contributed by atoms with Crippen LogP contribution in [0.3, 0.4) is 0 Å². The normalized spacial score (nSPS) is 13.5. The number of carboxylic acids is 2. The minimum absolute atomic E-state index is 0.00652. The van der Waals surface area contributed by atoms with Gasteiger partial charge in [-0.05, 0) is 53.4 Å². The van der Waals surface area contributed by atoms with Gasteiger partial charge in [-0.3, -0.25) is 19.2 Å². The minimum atomic E-state index is -1.39. The number of H-pyrrole nitrogens is 1. The number of benzene rings is 3. The Kier molecular flexibility index (Phi) is 11.7. The zero-order valence-electron chi connectivity index (χ0n) is 25.8. The van der Waals surface area contributed by atoms with Crippen molar-refractivity contribution in [3.05, 3.63) is 95.7 Å². The van der Waals surface area contributed by atoms with Gasteiger partial charge in [0.2, 0.25) is 17.7 Å². The van der Waals surface area contributed by atoms with Gasteiger partial charge in [-0.1, -0.05) is 42.5 Å². The van der Waals surface area contributed by atoms with Gasteiger partial charge in [-0.25, -0.2) is 4.79 Å². The van der Waals surface area contributed by atoms with E-state index in [0.29, 0.717) is 16.7 Å². The summed E-state index contributed by atoms with van der Waals surface area (Å²) in [6.07, 6.45) is 0.889. The second-order valence-corrected chi connectivity index (χ2v) is 11.4. The number of nitrogens with two attached hydrogens (primary N) is 1. The Morgan fingerprint density at radius 3 is 1.73 bits per heavy atom. The molecule has 14 heteroatoms. The number of phenols is 2. The van der Waals surface area contributed by atoms with E-state index in [1.165, 1.54) is 36.4 Å². The highest BCUT2D eigenvalue weighted by Gasteiger charge is 2.31. The van der Waals surface area contributed by atoms with Crippen molar-refractivity contribution in [3.63, 3.8) is 0 Å². The Morgan fingerprint density at radius 2 is 1.17 bits per heavy atom. The van der Waals surface area contributed by atoms with Crippen LogP contribution in [0.25, 0.3) is 10.9 Å². The van der Waals surface area contributed by atoms with Gasteiger partial charge in [-0.15, -0.1) is 0 Å². The first-order chi connectivity index (χ1) is 22.9. The molecule has 1 heterocycles. The quantitative estimate of drug-likeness (QED) is 0.0835. The maximum Gasteiger partial charge on any atom is 0.326 e. The molecule has 0 spiro atoms. The molecular weight excluding hydrogens is 622 g/mol. The average molecular weight is 660 g/mol. The molecule has 0 saturated heterocycles. The van der Waals surface area contributed by atoms with Crippen molar-refractivity contribution >= 4 is 40.6 Å².